The van der Waals surface area contributed by atoms with Gasteiger partial charge in [-0.15, -0.1) is 0 Å². The van der Waals surface area contributed by atoms with Gasteiger partial charge in [0.25, 0.3) is 5.88 Å². The van der Waals surface area contributed by atoms with E-state index >= 15 is 0 Å². The number of ether oxygens (including phenoxy) is 2. The van der Waals surface area contributed by atoms with E-state index in [4.69, 9.17) is 14.5 Å². The fraction of sp³-hybridized carbons (Fsp3) is 0.0800. The van der Waals surface area contributed by atoms with Crippen molar-refractivity contribution >= 4 is 0 Å². The Morgan fingerprint density at radius 1 is 0.536 bits per heavy atom. The van der Waals surface area contributed by atoms with E-state index in [2.05, 4.69) is 0 Å². The van der Waals surface area contributed by atoms with Crippen LogP contribution in [-0.4, -0.2) is 4.98 Å². The van der Waals surface area contributed by atoms with E-state index in [1.165, 1.54) is 0 Å². The van der Waals surface area contributed by atoms with Gasteiger partial charge in [0.2, 0.25) is 0 Å². The molecule has 0 atom stereocenters. The third kappa shape index (κ3) is 4.57. The van der Waals surface area contributed by atoms with Crippen LogP contribution < -0.4 is 9.47 Å². The molecule has 1 aromatic heterocycles. The molecule has 0 saturated heterocycles. The molecule has 0 fully saturated rings. The standard InChI is InChI=1S/C25H21NO2/c1-4-10-20(11-5-1)18-27-24-17-16-23(22-14-8-3-9-15-22)26-25(24)28-19-21-12-6-2-7-13-21/h1-17H,18-19H2. The molecule has 4 aromatic rings. The van der Waals surface area contributed by atoms with Gasteiger partial charge in [-0.05, 0) is 23.3 Å². The first kappa shape index (κ1) is 17.8. The first-order chi connectivity index (χ1) is 13.9. The monoisotopic (exact) mass is 367 g/mol. The molecule has 28 heavy (non-hydrogen) atoms. The Kier molecular flexibility index (Phi) is 5.64. The maximum Gasteiger partial charge on any atom is 0.257 e. The van der Waals surface area contributed by atoms with Gasteiger partial charge >= 0.3 is 0 Å². The average Bonchev–Trinajstić information content (AvgIpc) is 2.78. The largest absolute Gasteiger partial charge is 0.483 e. The zero-order chi connectivity index (χ0) is 19.0. The van der Waals surface area contributed by atoms with Gasteiger partial charge in [-0.1, -0.05) is 91.0 Å². The minimum atomic E-state index is 0.438. The predicted molar refractivity (Wildman–Crippen MR) is 111 cm³/mol. The van der Waals surface area contributed by atoms with Gasteiger partial charge in [0.1, 0.15) is 13.2 Å². The molecule has 0 radical (unpaired) electrons. The second kappa shape index (κ2) is 8.87. The van der Waals surface area contributed by atoms with Gasteiger partial charge in [-0.25, -0.2) is 4.98 Å². The van der Waals surface area contributed by atoms with Crippen molar-refractivity contribution < 1.29 is 9.47 Å². The molecule has 4 rings (SSSR count). The molecule has 0 aliphatic carbocycles. The van der Waals surface area contributed by atoms with Gasteiger partial charge in [-0.2, -0.15) is 0 Å². The third-order valence-electron chi connectivity index (χ3n) is 4.35. The maximum absolute atomic E-state index is 6.04. The Bertz CT molecular complexity index is 1000. The first-order valence-electron chi connectivity index (χ1n) is 9.28. The SMILES string of the molecule is c1ccc(COc2ccc(-c3ccccc3)nc2OCc2ccccc2)cc1. The Morgan fingerprint density at radius 3 is 1.68 bits per heavy atom. The molecule has 3 heteroatoms. The summed E-state index contributed by atoms with van der Waals surface area (Å²) in [6.45, 7) is 0.905. The van der Waals surface area contributed by atoms with Gasteiger partial charge in [0.15, 0.2) is 5.75 Å². The Morgan fingerprint density at radius 2 is 1.07 bits per heavy atom. The molecule has 3 nitrogen and oxygen atoms in total. The summed E-state index contributed by atoms with van der Waals surface area (Å²) in [5.41, 5.74) is 4.09. The molecular formula is C25H21NO2. The molecule has 0 unspecified atom stereocenters. The molecule has 138 valence electrons. The van der Waals surface area contributed by atoms with Crippen molar-refractivity contribution in [3.05, 3.63) is 114 Å². The number of hydrogen-bond donors (Lipinski definition) is 0. The van der Waals surface area contributed by atoms with Crippen molar-refractivity contribution in [2.45, 2.75) is 13.2 Å². The van der Waals surface area contributed by atoms with Crippen molar-refractivity contribution in [3.8, 4) is 22.9 Å². The minimum absolute atomic E-state index is 0.438. The van der Waals surface area contributed by atoms with Crippen LogP contribution in [0.15, 0.2) is 103 Å². The van der Waals surface area contributed by atoms with E-state index in [1.54, 1.807) is 0 Å². The lowest BCUT2D eigenvalue weighted by Crippen LogP contribution is -2.03. The van der Waals surface area contributed by atoms with Crippen molar-refractivity contribution in [1.29, 1.82) is 0 Å². The predicted octanol–water partition coefficient (Wildman–Crippen LogP) is 5.91. The van der Waals surface area contributed by atoms with Crippen LogP contribution in [0.2, 0.25) is 0 Å². The molecule has 0 amide bonds. The van der Waals surface area contributed by atoms with Crippen LogP contribution in [0.5, 0.6) is 11.6 Å². The fourth-order valence-electron chi connectivity index (χ4n) is 2.87. The molecule has 0 aliphatic heterocycles. The summed E-state index contributed by atoms with van der Waals surface area (Å²) in [6.07, 6.45) is 0. The Hall–Kier alpha value is -3.59. The van der Waals surface area contributed by atoms with Crippen LogP contribution in [0, 0.1) is 0 Å². The highest BCUT2D eigenvalue weighted by molar-refractivity contribution is 5.61. The second-order valence-electron chi connectivity index (χ2n) is 6.41. The van der Waals surface area contributed by atoms with Gasteiger partial charge in [0.05, 0.1) is 5.69 Å². The van der Waals surface area contributed by atoms with Crippen molar-refractivity contribution in [3.63, 3.8) is 0 Å². The summed E-state index contributed by atoms with van der Waals surface area (Å²) in [7, 11) is 0. The summed E-state index contributed by atoms with van der Waals surface area (Å²) in [6, 6.07) is 34.1. The van der Waals surface area contributed by atoms with E-state index in [9.17, 15) is 0 Å². The molecule has 0 aliphatic rings. The lowest BCUT2D eigenvalue weighted by Gasteiger charge is -2.13. The van der Waals surface area contributed by atoms with Crippen molar-refractivity contribution in [2.75, 3.05) is 0 Å². The van der Waals surface area contributed by atoms with E-state index in [0.717, 1.165) is 22.4 Å². The molecule has 0 saturated carbocycles. The maximum atomic E-state index is 6.04. The lowest BCUT2D eigenvalue weighted by atomic mass is 10.1. The van der Waals surface area contributed by atoms with Crippen LogP contribution in [0.25, 0.3) is 11.3 Å². The second-order valence-corrected chi connectivity index (χ2v) is 6.41. The Balaban J connectivity index is 1.58. The summed E-state index contributed by atoms with van der Waals surface area (Å²) in [4.78, 5) is 4.72. The highest BCUT2D eigenvalue weighted by Crippen LogP contribution is 2.30. The summed E-state index contributed by atoms with van der Waals surface area (Å²) in [5, 5.41) is 0. The minimum Gasteiger partial charge on any atom is -0.483 e. The van der Waals surface area contributed by atoms with E-state index < -0.39 is 0 Å². The van der Waals surface area contributed by atoms with Gasteiger partial charge in [0, 0.05) is 5.56 Å². The molecule has 0 N–H and O–H groups in total. The highest BCUT2D eigenvalue weighted by atomic mass is 16.5. The number of pyridine rings is 1. The van der Waals surface area contributed by atoms with Crippen LogP contribution in [0.4, 0.5) is 0 Å². The smallest absolute Gasteiger partial charge is 0.257 e. The molecule has 0 spiro atoms. The van der Waals surface area contributed by atoms with Crippen LogP contribution in [0.1, 0.15) is 11.1 Å². The third-order valence-corrected chi connectivity index (χ3v) is 4.35. The van der Waals surface area contributed by atoms with Crippen molar-refractivity contribution in [1.82, 2.24) is 4.98 Å². The van der Waals surface area contributed by atoms with Crippen LogP contribution in [-0.2, 0) is 13.2 Å². The topological polar surface area (TPSA) is 31.4 Å². The fourth-order valence-corrected chi connectivity index (χ4v) is 2.87. The number of benzene rings is 3. The normalized spacial score (nSPS) is 10.4. The number of rotatable bonds is 7. The molecular weight excluding hydrogens is 346 g/mol. The molecule has 0 bridgehead atoms. The number of nitrogens with zero attached hydrogens (tertiary/aromatic N) is 1. The summed E-state index contributed by atoms with van der Waals surface area (Å²) < 4.78 is 12.1. The highest BCUT2D eigenvalue weighted by Gasteiger charge is 2.11. The summed E-state index contributed by atoms with van der Waals surface area (Å²) >= 11 is 0. The zero-order valence-corrected chi connectivity index (χ0v) is 15.5. The lowest BCUT2D eigenvalue weighted by molar-refractivity contribution is 0.247. The molecule has 1 heterocycles. The number of aromatic nitrogens is 1. The van der Waals surface area contributed by atoms with E-state index in [1.807, 2.05) is 103 Å². The van der Waals surface area contributed by atoms with Crippen LogP contribution >= 0.6 is 0 Å². The first-order valence-corrected chi connectivity index (χ1v) is 9.28. The zero-order valence-electron chi connectivity index (χ0n) is 15.5. The quantitative estimate of drug-likeness (QED) is 0.407. The molecule has 3 aromatic carbocycles. The number of hydrogen-bond acceptors (Lipinski definition) is 3. The van der Waals surface area contributed by atoms with E-state index in [-0.39, 0.29) is 0 Å². The van der Waals surface area contributed by atoms with Gasteiger partial charge < -0.3 is 9.47 Å². The Labute approximate surface area is 165 Å². The van der Waals surface area contributed by atoms with Gasteiger partial charge in [-0.3, -0.25) is 0 Å². The van der Waals surface area contributed by atoms with E-state index in [0.29, 0.717) is 24.8 Å². The van der Waals surface area contributed by atoms with Crippen molar-refractivity contribution in [2.24, 2.45) is 0 Å². The average molecular weight is 367 g/mol. The van der Waals surface area contributed by atoms with Crippen LogP contribution in [0.3, 0.4) is 0 Å². The summed E-state index contributed by atoms with van der Waals surface area (Å²) in [5.74, 6) is 1.14.